The molecule has 2 heterocycles. The minimum atomic E-state index is -0.462. The number of anilines is 1. The van der Waals surface area contributed by atoms with Crippen LogP contribution in [0.15, 0.2) is 46.2 Å². The second-order valence-corrected chi connectivity index (χ2v) is 5.77. The summed E-state index contributed by atoms with van der Waals surface area (Å²) in [6.45, 7) is 2.21. The number of nitrogens with zero attached hydrogens (tertiary/aromatic N) is 1. The highest BCUT2D eigenvalue weighted by atomic mass is 32.2. The Kier molecular flexibility index (Phi) is 6.49. The van der Waals surface area contributed by atoms with Crippen molar-refractivity contribution in [2.75, 3.05) is 17.6 Å². The molecule has 0 spiro atoms. The van der Waals surface area contributed by atoms with Crippen molar-refractivity contribution < 1.29 is 14.0 Å². The molecule has 0 aliphatic carbocycles. The van der Waals surface area contributed by atoms with Crippen molar-refractivity contribution >= 4 is 29.4 Å². The van der Waals surface area contributed by atoms with Gasteiger partial charge in [-0.1, -0.05) is 6.92 Å². The molecule has 0 aliphatic rings. The Bertz CT molecular complexity index is 629. The van der Waals surface area contributed by atoms with Crippen LogP contribution >= 0.6 is 11.8 Å². The van der Waals surface area contributed by atoms with E-state index in [-0.39, 0.29) is 19.0 Å². The molecule has 0 fully saturated rings. The summed E-state index contributed by atoms with van der Waals surface area (Å²) in [5.41, 5.74) is 0.568. The van der Waals surface area contributed by atoms with Crippen LogP contribution in [0.2, 0.25) is 0 Å². The first-order valence-electron chi connectivity index (χ1n) is 7.10. The third kappa shape index (κ3) is 6.03. The summed E-state index contributed by atoms with van der Waals surface area (Å²) in [7, 11) is 0. The summed E-state index contributed by atoms with van der Waals surface area (Å²) in [6, 6.07) is 6.64. The lowest BCUT2D eigenvalue weighted by Gasteiger charge is -2.08. The molecule has 122 valence electrons. The summed E-state index contributed by atoms with van der Waals surface area (Å²) in [4.78, 5) is 27.5. The number of carbonyl (C=O) groups excluding carboxylic acids is 2. The minimum absolute atomic E-state index is 0.121. The molecular weight excluding hydrogens is 316 g/mol. The summed E-state index contributed by atoms with van der Waals surface area (Å²) in [5, 5.41) is 8.63. The largest absolute Gasteiger partial charge is 0.467 e. The van der Waals surface area contributed by atoms with Crippen LogP contribution < -0.4 is 16.0 Å². The lowest BCUT2D eigenvalue weighted by molar-refractivity contribution is -0.120. The normalized spacial score (nSPS) is 10.1. The minimum Gasteiger partial charge on any atom is -0.467 e. The number of aromatic nitrogens is 1. The van der Waals surface area contributed by atoms with Crippen molar-refractivity contribution in [2.24, 2.45) is 0 Å². The average Bonchev–Trinajstić information content (AvgIpc) is 3.06. The average molecular weight is 334 g/mol. The van der Waals surface area contributed by atoms with Crippen molar-refractivity contribution in [3.63, 3.8) is 0 Å². The van der Waals surface area contributed by atoms with Crippen LogP contribution in [0, 0.1) is 0 Å². The third-order valence-corrected chi connectivity index (χ3v) is 3.56. The predicted molar refractivity (Wildman–Crippen MR) is 88.2 cm³/mol. The fourth-order valence-electron chi connectivity index (χ4n) is 1.68. The Morgan fingerprint density at radius 3 is 2.78 bits per heavy atom. The second kappa shape index (κ2) is 8.84. The molecular formula is C15H18N4O3S. The van der Waals surface area contributed by atoms with Crippen molar-refractivity contribution in [3.8, 4) is 0 Å². The van der Waals surface area contributed by atoms with Gasteiger partial charge in [0.05, 0.1) is 36.3 Å². The van der Waals surface area contributed by atoms with Gasteiger partial charge in [-0.3, -0.25) is 4.79 Å². The second-order valence-electron chi connectivity index (χ2n) is 4.48. The zero-order valence-corrected chi connectivity index (χ0v) is 13.5. The lowest BCUT2D eigenvalue weighted by atomic mass is 10.4. The fraction of sp³-hybridized carbons (Fsp3) is 0.267. The maximum absolute atomic E-state index is 11.7. The number of hydrogen-bond donors (Lipinski definition) is 3. The van der Waals surface area contributed by atoms with E-state index in [2.05, 4.69) is 20.9 Å². The molecule has 0 radical (unpaired) electrons. The van der Waals surface area contributed by atoms with E-state index in [0.29, 0.717) is 11.4 Å². The topological polar surface area (TPSA) is 96.3 Å². The van der Waals surface area contributed by atoms with E-state index in [1.54, 1.807) is 36.2 Å². The lowest BCUT2D eigenvalue weighted by Crippen LogP contribution is -2.38. The van der Waals surface area contributed by atoms with Gasteiger partial charge < -0.3 is 20.4 Å². The zero-order chi connectivity index (χ0) is 16.5. The standard InChI is InChI=1S/C15H18N4O3S/c1-2-23-14-6-5-11(8-17-14)19-15(21)18-10-13(20)16-9-12-4-3-7-22-12/h3-8H,2,9-10H2,1H3,(H,16,20)(H2,18,19,21). The molecule has 3 amide bonds. The number of furan rings is 1. The smallest absolute Gasteiger partial charge is 0.319 e. The molecule has 0 bridgehead atoms. The summed E-state index contributed by atoms with van der Waals surface area (Å²) >= 11 is 1.62. The monoisotopic (exact) mass is 334 g/mol. The van der Waals surface area contributed by atoms with Crippen molar-refractivity contribution in [2.45, 2.75) is 18.5 Å². The molecule has 23 heavy (non-hydrogen) atoms. The molecule has 8 heteroatoms. The summed E-state index contributed by atoms with van der Waals surface area (Å²) in [6.07, 6.45) is 3.11. The van der Waals surface area contributed by atoms with Crippen LogP contribution in [-0.4, -0.2) is 29.2 Å². The number of thioether (sulfide) groups is 1. The highest BCUT2D eigenvalue weighted by Crippen LogP contribution is 2.16. The van der Waals surface area contributed by atoms with Gasteiger partial charge in [-0.2, -0.15) is 0 Å². The highest BCUT2D eigenvalue weighted by Gasteiger charge is 2.06. The van der Waals surface area contributed by atoms with Gasteiger partial charge in [-0.05, 0) is 30.0 Å². The number of amides is 3. The van der Waals surface area contributed by atoms with Gasteiger partial charge in [-0.15, -0.1) is 11.8 Å². The van der Waals surface area contributed by atoms with Gasteiger partial charge in [0.15, 0.2) is 0 Å². The van der Waals surface area contributed by atoms with Crippen LogP contribution in [-0.2, 0) is 11.3 Å². The van der Waals surface area contributed by atoms with E-state index in [1.807, 2.05) is 13.0 Å². The van der Waals surface area contributed by atoms with E-state index < -0.39 is 6.03 Å². The molecule has 2 aromatic rings. The third-order valence-electron chi connectivity index (χ3n) is 2.74. The molecule has 0 saturated carbocycles. The van der Waals surface area contributed by atoms with Crippen LogP contribution in [0.1, 0.15) is 12.7 Å². The molecule has 2 rings (SSSR count). The SMILES string of the molecule is CCSc1ccc(NC(=O)NCC(=O)NCc2ccco2)cn1. The number of carbonyl (C=O) groups is 2. The maximum Gasteiger partial charge on any atom is 0.319 e. The Hall–Kier alpha value is -2.48. The molecule has 0 saturated heterocycles. The van der Waals surface area contributed by atoms with Crippen LogP contribution in [0.25, 0.3) is 0 Å². The van der Waals surface area contributed by atoms with Gasteiger partial charge in [-0.25, -0.2) is 9.78 Å². The number of pyridine rings is 1. The van der Waals surface area contributed by atoms with Crippen molar-refractivity contribution in [3.05, 3.63) is 42.5 Å². The first kappa shape index (κ1) is 16.9. The summed E-state index contributed by atoms with van der Waals surface area (Å²) < 4.78 is 5.09. The number of nitrogens with one attached hydrogen (secondary N) is 3. The van der Waals surface area contributed by atoms with Crippen molar-refractivity contribution in [1.29, 1.82) is 0 Å². The number of urea groups is 1. The summed E-state index contributed by atoms with van der Waals surface area (Å²) in [5.74, 6) is 1.29. The number of hydrogen-bond acceptors (Lipinski definition) is 5. The van der Waals surface area contributed by atoms with Crippen LogP contribution in [0.4, 0.5) is 10.5 Å². The van der Waals surface area contributed by atoms with E-state index in [9.17, 15) is 9.59 Å². The van der Waals surface area contributed by atoms with Gasteiger partial charge >= 0.3 is 6.03 Å². The molecule has 0 atom stereocenters. The first-order valence-corrected chi connectivity index (χ1v) is 8.08. The van der Waals surface area contributed by atoms with E-state index in [4.69, 9.17) is 4.42 Å². The van der Waals surface area contributed by atoms with Gasteiger partial charge in [0.2, 0.25) is 5.91 Å². The van der Waals surface area contributed by atoms with Gasteiger partial charge in [0, 0.05) is 0 Å². The Balaban J connectivity index is 1.68. The highest BCUT2D eigenvalue weighted by molar-refractivity contribution is 7.99. The first-order chi connectivity index (χ1) is 11.2. The molecule has 0 unspecified atom stereocenters. The Morgan fingerprint density at radius 1 is 1.26 bits per heavy atom. The molecule has 0 aliphatic heterocycles. The fourth-order valence-corrected chi connectivity index (χ4v) is 2.27. The van der Waals surface area contributed by atoms with Gasteiger partial charge in [0.1, 0.15) is 5.76 Å². The molecule has 2 aromatic heterocycles. The Morgan fingerprint density at radius 2 is 2.13 bits per heavy atom. The molecule has 0 aromatic carbocycles. The van der Waals surface area contributed by atoms with Gasteiger partial charge in [0.25, 0.3) is 0 Å². The van der Waals surface area contributed by atoms with E-state index in [1.165, 1.54) is 6.26 Å². The molecule has 3 N–H and O–H groups in total. The van der Waals surface area contributed by atoms with Crippen LogP contribution in [0.5, 0.6) is 0 Å². The van der Waals surface area contributed by atoms with Crippen LogP contribution in [0.3, 0.4) is 0 Å². The van der Waals surface area contributed by atoms with E-state index >= 15 is 0 Å². The number of rotatable bonds is 7. The van der Waals surface area contributed by atoms with Crippen molar-refractivity contribution in [1.82, 2.24) is 15.6 Å². The Labute approximate surface area is 138 Å². The molecule has 7 nitrogen and oxygen atoms in total. The predicted octanol–water partition coefficient (Wildman–Crippen LogP) is 2.22. The quantitative estimate of drug-likeness (QED) is 0.675. The van der Waals surface area contributed by atoms with E-state index in [0.717, 1.165) is 10.8 Å². The maximum atomic E-state index is 11.7. The zero-order valence-electron chi connectivity index (χ0n) is 12.7.